The summed E-state index contributed by atoms with van der Waals surface area (Å²) >= 11 is 0. The second-order valence-electron chi connectivity index (χ2n) is 11.1. The predicted octanol–water partition coefficient (Wildman–Crippen LogP) is 3.81. The average Bonchev–Trinajstić information content (AvgIpc) is 2.84. The Kier molecular flexibility index (Phi) is 6.71. The van der Waals surface area contributed by atoms with Gasteiger partial charge in [0.15, 0.2) is 15.5 Å². The Hall–Kier alpha value is -3.05. The molecule has 204 valence electrons. The number of alkyl halides is 1. The van der Waals surface area contributed by atoms with Gasteiger partial charge in [-0.1, -0.05) is 19.9 Å². The van der Waals surface area contributed by atoms with Crippen molar-refractivity contribution in [1.29, 1.82) is 0 Å². The molecule has 2 aromatic heterocycles. The monoisotopic (exact) mass is 542 g/mol. The van der Waals surface area contributed by atoms with Gasteiger partial charge in [0.2, 0.25) is 5.95 Å². The molecule has 4 heterocycles. The van der Waals surface area contributed by atoms with Gasteiger partial charge in [0.05, 0.1) is 17.9 Å². The first-order valence-corrected chi connectivity index (χ1v) is 14.9. The van der Waals surface area contributed by atoms with Crippen LogP contribution in [0.25, 0.3) is 10.8 Å². The van der Waals surface area contributed by atoms with Crippen molar-refractivity contribution in [3.63, 3.8) is 0 Å². The number of nitrogens with one attached hydrogen (secondary N) is 1. The Morgan fingerprint density at radius 3 is 2.61 bits per heavy atom. The Morgan fingerprint density at radius 2 is 1.95 bits per heavy atom. The fraction of sp³-hybridized carbons (Fsp3) is 0.519. The number of sulfone groups is 1. The molecule has 2 N–H and O–H groups in total. The summed E-state index contributed by atoms with van der Waals surface area (Å²) in [5.41, 5.74) is 0.409. The van der Waals surface area contributed by atoms with Crippen LogP contribution >= 0.6 is 0 Å². The van der Waals surface area contributed by atoms with E-state index in [9.17, 15) is 17.9 Å². The van der Waals surface area contributed by atoms with Crippen LogP contribution in [-0.2, 0) is 9.84 Å². The van der Waals surface area contributed by atoms with Gasteiger partial charge in [-0.2, -0.15) is 4.98 Å². The van der Waals surface area contributed by atoms with Gasteiger partial charge in [0.25, 0.3) is 0 Å². The summed E-state index contributed by atoms with van der Waals surface area (Å²) in [6, 6.07) is 7.78. The molecule has 0 spiro atoms. The van der Waals surface area contributed by atoms with Gasteiger partial charge >= 0.3 is 0 Å². The molecule has 0 saturated carbocycles. The van der Waals surface area contributed by atoms with Gasteiger partial charge in [-0.15, -0.1) is 0 Å². The van der Waals surface area contributed by atoms with Crippen molar-refractivity contribution in [2.24, 2.45) is 0 Å². The summed E-state index contributed by atoms with van der Waals surface area (Å²) in [5.74, 6) is 1.80. The topological polar surface area (TPSA) is 112 Å². The number of aliphatic hydroxyl groups excluding tert-OH is 1. The van der Waals surface area contributed by atoms with E-state index in [1.165, 1.54) is 18.7 Å². The van der Waals surface area contributed by atoms with E-state index in [1.54, 1.807) is 17.2 Å². The van der Waals surface area contributed by atoms with E-state index in [2.05, 4.69) is 51.1 Å². The molecule has 0 amide bonds. The van der Waals surface area contributed by atoms with Crippen molar-refractivity contribution in [2.45, 2.75) is 63.1 Å². The van der Waals surface area contributed by atoms with E-state index in [1.807, 2.05) is 19.2 Å². The molecule has 4 atom stereocenters. The van der Waals surface area contributed by atoms with Crippen molar-refractivity contribution < 1.29 is 17.9 Å². The van der Waals surface area contributed by atoms with Crippen molar-refractivity contribution in [2.75, 3.05) is 41.0 Å². The second-order valence-corrected chi connectivity index (χ2v) is 13.3. The van der Waals surface area contributed by atoms with E-state index < -0.39 is 21.6 Å². The third-order valence-electron chi connectivity index (χ3n) is 7.85. The number of hydrogen-bond acceptors (Lipinski definition) is 9. The van der Waals surface area contributed by atoms with Gasteiger partial charge in [-0.25, -0.2) is 22.8 Å². The SMILES string of the molecule is CC(C)c1ccc(N2C[C@H](S(C)(=O)=O)[C@H]2C)c2cnc(Nc3ccnc(N4CC[C@@H](O)[C@@](C)(F)C4)n3)cc12. The first kappa shape index (κ1) is 26.6. The van der Waals surface area contributed by atoms with E-state index >= 15 is 0 Å². The minimum Gasteiger partial charge on any atom is -0.390 e. The molecule has 0 radical (unpaired) electrons. The predicted molar refractivity (Wildman–Crippen MR) is 149 cm³/mol. The third-order valence-corrected chi connectivity index (χ3v) is 9.49. The molecular weight excluding hydrogens is 507 g/mol. The number of hydrogen-bond donors (Lipinski definition) is 2. The molecule has 2 aliphatic heterocycles. The minimum absolute atomic E-state index is 0.0154. The number of anilines is 4. The van der Waals surface area contributed by atoms with Crippen LogP contribution in [0.15, 0.2) is 36.7 Å². The van der Waals surface area contributed by atoms with Crippen molar-refractivity contribution in [3.05, 3.63) is 42.2 Å². The van der Waals surface area contributed by atoms with Crippen LogP contribution in [0.2, 0.25) is 0 Å². The maximum absolute atomic E-state index is 14.7. The van der Waals surface area contributed by atoms with Crippen LogP contribution in [0.4, 0.5) is 27.7 Å². The zero-order valence-corrected chi connectivity index (χ0v) is 23.2. The highest BCUT2D eigenvalue weighted by Crippen LogP contribution is 2.39. The highest BCUT2D eigenvalue weighted by Gasteiger charge is 2.43. The summed E-state index contributed by atoms with van der Waals surface area (Å²) in [4.78, 5) is 17.4. The van der Waals surface area contributed by atoms with Gasteiger partial charge in [-0.3, -0.25) is 0 Å². The number of piperidine rings is 1. The van der Waals surface area contributed by atoms with Crippen LogP contribution in [0, 0.1) is 0 Å². The molecule has 2 fully saturated rings. The zero-order valence-electron chi connectivity index (χ0n) is 22.4. The number of fused-ring (bicyclic) bond motifs is 1. The molecule has 0 bridgehead atoms. The average molecular weight is 543 g/mol. The quantitative estimate of drug-likeness (QED) is 0.480. The van der Waals surface area contributed by atoms with Crippen LogP contribution in [0.3, 0.4) is 0 Å². The Morgan fingerprint density at radius 1 is 1.18 bits per heavy atom. The highest BCUT2D eigenvalue weighted by molar-refractivity contribution is 7.91. The maximum Gasteiger partial charge on any atom is 0.227 e. The largest absolute Gasteiger partial charge is 0.390 e. The number of aliphatic hydroxyl groups is 1. The smallest absolute Gasteiger partial charge is 0.227 e. The summed E-state index contributed by atoms with van der Waals surface area (Å²) < 4.78 is 38.9. The summed E-state index contributed by atoms with van der Waals surface area (Å²) in [5, 5.41) is 14.8. The lowest BCUT2D eigenvalue weighted by molar-refractivity contribution is -0.00860. The van der Waals surface area contributed by atoms with Crippen molar-refractivity contribution >= 4 is 43.9 Å². The first-order chi connectivity index (χ1) is 17.8. The lowest BCUT2D eigenvalue weighted by atomic mass is 9.93. The lowest BCUT2D eigenvalue weighted by Gasteiger charge is -2.47. The lowest BCUT2D eigenvalue weighted by Crippen LogP contribution is -2.61. The summed E-state index contributed by atoms with van der Waals surface area (Å²) in [6.07, 6.45) is 4.05. The van der Waals surface area contributed by atoms with Crippen LogP contribution < -0.4 is 15.1 Å². The van der Waals surface area contributed by atoms with Crippen LogP contribution in [-0.4, -0.2) is 77.4 Å². The maximum atomic E-state index is 14.7. The van der Waals surface area contributed by atoms with E-state index in [0.717, 1.165) is 16.5 Å². The van der Waals surface area contributed by atoms with Gasteiger partial charge in [-0.05, 0) is 55.3 Å². The van der Waals surface area contributed by atoms with E-state index in [4.69, 9.17) is 0 Å². The molecule has 0 unspecified atom stereocenters. The van der Waals surface area contributed by atoms with E-state index in [0.29, 0.717) is 37.1 Å². The first-order valence-electron chi connectivity index (χ1n) is 13.0. The fourth-order valence-electron chi connectivity index (χ4n) is 5.46. The third kappa shape index (κ3) is 4.89. The van der Waals surface area contributed by atoms with E-state index in [-0.39, 0.29) is 23.8 Å². The molecule has 0 aliphatic carbocycles. The number of nitrogens with zero attached hydrogens (tertiary/aromatic N) is 5. The summed E-state index contributed by atoms with van der Waals surface area (Å²) in [6.45, 7) is 8.56. The number of halogens is 1. The number of rotatable bonds is 6. The normalized spacial score (nSPS) is 26.1. The number of aromatic nitrogens is 3. The van der Waals surface area contributed by atoms with Gasteiger partial charge in [0, 0.05) is 48.9 Å². The molecule has 38 heavy (non-hydrogen) atoms. The zero-order chi connectivity index (χ0) is 27.4. The molecule has 2 saturated heterocycles. The molecule has 3 aromatic rings. The molecule has 1 aromatic carbocycles. The molecular formula is C27H35FN6O3S. The number of benzene rings is 1. The standard InChI is InChI=1S/C27H35FN6O3S/c1-16(2)18-6-7-21(34-14-22(17(34)3)38(5,36)37)20-13-30-25(12-19(18)20)31-24-8-10-29-26(32-24)33-11-9-23(35)27(4,28)15-33/h6-8,10,12-13,16-17,22-23,35H,9,11,14-15H2,1-5H3,(H,29,30,31,32)/t17-,22+,23-,27+/m1/s1. The minimum atomic E-state index is -3.11. The highest BCUT2D eigenvalue weighted by atomic mass is 32.2. The Labute approximate surface area is 223 Å². The van der Waals surface area contributed by atoms with Crippen molar-refractivity contribution in [1.82, 2.24) is 15.0 Å². The second kappa shape index (κ2) is 9.60. The van der Waals surface area contributed by atoms with Crippen LogP contribution in [0.5, 0.6) is 0 Å². The molecule has 9 nitrogen and oxygen atoms in total. The fourth-order valence-corrected chi connectivity index (χ4v) is 6.76. The molecule has 11 heteroatoms. The number of pyridine rings is 1. The summed E-state index contributed by atoms with van der Waals surface area (Å²) in [7, 11) is -3.11. The Balaban J connectivity index is 1.44. The van der Waals surface area contributed by atoms with Gasteiger partial charge < -0.3 is 20.2 Å². The van der Waals surface area contributed by atoms with Crippen LogP contribution in [0.1, 0.15) is 45.6 Å². The van der Waals surface area contributed by atoms with Crippen molar-refractivity contribution in [3.8, 4) is 0 Å². The molecule has 5 rings (SSSR count). The Bertz CT molecular complexity index is 1460. The van der Waals surface area contributed by atoms with Gasteiger partial charge in [0.1, 0.15) is 11.6 Å². The molecule has 2 aliphatic rings.